The van der Waals surface area contributed by atoms with Gasteiger partial charge in [0.15, 0.2) is 11.9 Å². The Morgan fingerprint density at radius 1 is 1.09 bits per heavy atom. The summed E-state index contributed by atoms with van der Waals surface area (Å²) in [5, 5.41) is 11.4. The summed E-state index contributed by atoms with van der Waals surface area (Å²) in [5.74, 6) is 0.792. The van der Waals surface area contributed by atoms with Gasteiger partial charge in [-0.2, -0.15) is 0 Å². The molecule has 0 aliphatic carbocycles. The van der Waals surface area contributed by atoms with E-state index in [0.717, 1.165) is 5.56 Å². The number of likely N-dealkylation sites (N-methyl/N-ethyl adjacent to an activating group) is 2. The minimum Gasteiger partial charge on any atom is -0.328 e. The first kappa shape index (κ1) is 14.0. The van der Waals surface area contributed by atoms with E-state index in [1.165, 1.54) is 4.90 Å². The van der Waals surface area contributed by atoms with Gasteiger partial charge in [-0.3, -0.25) is 14.7 Å². The van der Waals surface area contributed by atoms with Crippen molar-refractivity contribution in [1.29, 1.82) is 0 Å². The third-order valence-electron chi connectivity index (χ3n) is 4.28. The van der Waals surface area contributed by atoms with Crippen LogP contribution >= 0.6 is 11.6 Å². The first-order chi connectivity index (χ1) is 11.0. The number of amides is 3. The standard InChI is InChI=1S/C14H13ClN6O2/c1-19-9-11(22)16-14(23)20(2)12(9)21-10(17-18-13(19)21)7-3-5-8(15)6-4-7/h3-6,9,12H,1-2H3,(H,16,22,23). The quantitative estimate of drug-likeness (QED) is 0.845. The van der Waals surface area contributed by atoms with Gasteiger partial charge in [0.1, 0.15) is 6.17 Å². The number of aromatic nitrogens is 3. The number of rotatable bonds is 1. The molecule has 0 saturated carbocycles. The molecule has 1 aromatic carbocycles. The number of imide groups is 1. The van der Waals surface area contributed by atoms with E-state index < -0.39 is 18.2 Å². The summed E-state index contributed by atoms with van der Waals surface area (Å²) < 4.78 is 1.81. The molecule has 118 valence electrons. The van der Waals surface area contributed by atoms with Crippen molar-refractivity contribution in [2.24, 2.45) is 0 Å². The number of hydrogen-bond donors (Lipinski definition) is 1. The monoisotopic (exact) mass is 332 g/mol. The van der Waals surface area contributed by atoms with Gasteiger partial charge in [-0.25, -0.2) is 4.79 Å². The largest absolute Gasteiger partial charge is 0.328 e. The van der Waals surface area contributed by atoms with Crippen LogP contribution in [0.15, 0.2) is 24.3 Å². The van der Waals surface area contributed by atoms with Gasteiger partial charge in [0.2, 0.25) is 5.95 Å². The maximum atomic E-state index is 12.2. The lowest BCUT2D eigenvalue weighted by Gasteiger charge is -2.36. The van der Waals surface area contributed by atoms with Crippen molar-refractivity contribution in [3.8, 4) is 11.4 Å². The molecule has 3 heterocycles. The second kappa shape index (κ2) is 4.69. The molecule has 1 N–H and O–H groups in total. The maximum Gasteiger partial charge on any atom is 0.325 e. The molecule has 0 bridgehead atoms. The second-order valence-corrected chi connectivity index (χ2v) is 6.01. The van der Waals surface area contributed by atoms with Crippen molar-refractivity contribution in [2.45, 2.75) is 12.2 Å². The van der Waals surface area contributed by atoms with E-state index in [1.807, 2.05) is 16.7 Å². The van der Waals surface area contributed by atoms with Crippen LogP contribution in [-0.4, -0.2) is 51.7 Å². The third-order valence-corrected chi connectivity index (χ3v) is 4.53. The fraction of sp³-hybridized carbons (Fsp3) is 0.286. The van der Waals surface area contributed by atoms with Crippen LogP contribution in [0.2, 0.25) is 5.02 Å². The van der Waals surface area contributed by atoms with E-state index in [0.29, 0.717) is 16.8 Å². The SMILES string of the molecule is CN1C(=O)NC(=O)C2C1n1c(-c3ccc(Cl)cc3)nnc1N2C. The molecule has 1 fully saturated rings. The van der Waals surface area contributed by atoms with Gasteiger partial charge in [0.05, 0.1) is 0 Å². The van der Waals surface area contributed by atoms with E-state index in [4.69, 9.17) is 11.6 Å². The van der Waals surface area contributed by atoms with Gasteiger partial charge in [-0.05, 0) is 24.3 Å². The van der Waals surface area contributed by atoms with Crippen molar-refractivity contribution >= 4 is 29.5 Å². The van der Waals surface area contributed by atoms with Gasteiger partial charge in [0.25, 0.3) is 5.91 Å². The van der Waals surface area contributed by atoms with E-state index in [1.54, 1.807) is 31.1 Å². The number of urea groups is 1. The lowest BCUT2D eigenvalue weighted by Crippen LogP contribution is -2.60. The summed E-state index contributed by atoms with van der Waals surface area (Å²) in [5.41, 5.74) is 0.814. The van der Waals surface area contributed by atoms with Crippen LogP contribution in [0, 0.1) is 0 Å². The zero-order chi connectivity index (χ0) is 16.3. The molecule has 3 amide bonds. The molecule has 0 radical (unpaired) electrons. The van der Waals surface area contributed by atoms with Crippen molar-refractivity contribution in [3.63, 3.8) is 0 Å². The Labute approximate surface area is 136 Å². The molecule has 8 nitrogen and oxygen atoms in total. The molecule has 2 unspecified atom stereocenters. The number of halogens is 1. The van der Waals surface area contributed by atoms with Crippen molar-refractivity contribution in [3.05, 3.63) is 29.3 Å². The molecule has 1 aromatic heterocycles. The summed E-state index contributed by atoms with van der Waals surface area (Å²) in [6.07, 6.45) is -0.489. The summed E-state index contributed by atoms with van der Waals surface area (Å²) in [7, 11) is 3.41. The minimum absolute atomic E-state index is 0.340. The van der Waals surface area contributed by atoms with E-state index in [2.05, 4.69) is 15.5 Å². The highest BCUT2D eigenvalue weighted by Gasteiger charge is 2.51. The van der Waals surface area contributed by atoms with Gasteiger partial charge in [-0.15, -0.1) is 10.2 Å². The normalized spacial score (nSPS) is 22.9. The first-order valence-electron chi connectivity index (χ1n) is 7.00. The van der Waals surface area contributed by atoms with Crippen LogP contribution in [-0.2, 0) is 4.79 Å². The summed E-state index contributed by atoms with van der Waals surface area (Å²) in [6, 6.07) is 6.21. The Balaban J connectivity index is 1.88. The molecule has 9 heteroatoms. The zero-order valence-electron chi connectivity index (χ0n) is 12.4. The molecule has 2 aromatic rings. The summed E-state index contributed by atoms with van der Waals surface area (Å²) >= 11 is 5.93. The molecule has 2 aliphatic heterocycles. The van der Waals surface area contributed by atoms with Crippen LogP contribution in [0.25, 0.3) is 11.4 Å². The molecule has 0 spiro atoms. The number of carbonyl (C=O) groups excluding carboxylic acids is 2. The van der Waals surface area contributed by atoms with Crippen LogP contribution in [0.3, 0.4) is 0 Å². The van der Waals surface area contributed by atoms with Gasteiger partial charge in [-0.1, -0.05) is 11.6 Å². The topological polar surface area (TPSA) is 83.4 Å². The highest BCUT2D eigenvalue weighted by atomic mass is 35.5. The summed E-state index contributed by atoms with van der Waals surface area (Å²) in [6.45, 7) is 0. The van der Waals surface area contributed by atoms with Crippen LogP contribution < -0.4 is 10.2 Å². The van der Waals surface area contributed by atoms with Crippen LogP contribution in [0.4, 0.5) is 10.7 Å². The van der Waals surface area contributed by atoms with Crippen molar-refractivity contribution < 1.29 is 9.59 Å². The molecule has 2 aliphatic rings. The Morgan fingerprint density at radius 2 is 1.78 bits per heavy atom. The highest BCUT2D eigenvalue weighted by Crippen LogP contribution is 2.39. The average Bonchev–Trinajstić information content (AvgIpc) is 3.06. The van der Waals surface area contributed by atoms with Crippen LogP contribution in [0.5, 0.6) is 0 Å². The number of nitrogens with zero attached hydrogens (tertiary/aromatic N) is 5. The first-order valence-corrected chi connectivity index (χ1v) is 7.38. The van der Waals surface area contributed by atoms with Gasteiger partial charge < -0.3 is 9.80 Å². The smallest absolute Gasteiger partial charge is 0.325 e. The number of anilines is 1. The zero-order valence-corrected chi connectivity index (χ0v) is 13.2. The highest BCUT2D eigenvalue weighted by molar-refractivity contribution is 6.30. The Bertz CT molecular complexity index is 817. The number of carbonyl (C=O) groups is 2. The predicted octanol–water partition coefficient (Wildman–Crippen LogP) is 1.10. The maximum absolute atomic E-state index is 12.2. The van der Waals surface area contributed by atoms with E-state index >= 15 is 0 Å². The molecule has 4 rings (SSSR count). The number of benzene rings is 1. The van der Waals surface area contributed by atoms with Crippen LogP contribution in [0.1, 0.15) is 6.17 Å². The molecular formula is C14H13ClN6O2. The number of fused-ring (bicyclic) bond motifs is 3. The predicted molar refractivity (Wildman–Crippen MR) is 83.0 cm³/mol. The van der Waals surface area contributed by atoms with Gasteiger partial charge >= 0.3 is 6.03 Å². The third kappa shape index (κ3) is 1.84. The summed E-state index contributed by atoms with van der Waals surface area (Å²) in [4.78, 5) is 27.4. The molecular weight excluding hydrogens is 320 g/mol. The number of hydrogen-bond acceptors (Lipinski definition) is 5. The Morgan fingerprint density at radius 3 is 2.48 bits per heavy atom. The Kier molecular flexibility index (Phi) is 2.86. The fourth-order valence-electron chi connectivity index (χ4n) is 3.11. The average molecular weight is 333 g/mol. The lowest BCUT2D eigenvalue weighted by atomic mass is 10.1. The molecule has 2 atom stereocenters. The lowest BCUT2D eigenvalue weighted by molar-refractivity contribution is -0.124. The van der Waals surface area contributed by atoms with Gasteiger partial charge in [0, 0.05) is 24.7 Å². The Hall–Kier alpha value is -2.61. The second-order valence-electron chi connectivity index (χ2n) is 5.58. The fourth-order valence-corrected chi connectivity index (χ4v) is 3.24. The van der Waals surface area contributed by atoms with Crippen molar-refractivity contribution in [2.75, 3.05) is 19.0 Å². The molecule has 23 heavy (non-hydrogen) atoms. The van der Waals surface area contributed by atoms with E-state index in [-0.39, 0.29) is 5.91 Å². The van der Waals surface area contributed by atoms with Crippen molar-refractivity contribution in [1.82, 2.24) is 25.0 Å². The minimum atomic E-state index is -0.533. The molecule has 1 saturated heterocycles. The van der Waals surface area contributed by atoms with E-state index in [9.17, 15) is 9.59 Å². The number of nitrogens with one attached hydrogen (secondary N) is 1.